The van der Waals surface area contributed by atoms with E-state index >= 15 is 0 Å². The van der Waals surface area contributed by atoms with Gasteiger partial charge >= 0.3 is 0 Å². The molecule has 0 radical (unpaired) electrons. The van der Waals surface area contributed by atoms with Gasteiger partial charge in [0.2, 0.25) is 11.9 Å². The van der Waals surface area contributed by atoms with Crippen LogP contribution in [0.25, 0.3) is 10.9 Å². The average Bonchev–Trinajstić information content (AvgIpc) is 2.79. The third-order valence-electron chi connectivity index (χ3n) is 6.61. The number of fused-ring (bicyclic) bond motifs is 2. The van der Waals surface area contributed by atoms with Crippen molar-refractivity contribution in [2.24, 2.45) is 5.41 Å². The molecule has 3 aromatic rings. The Balaban J connectivity index is 1.48. The number of hydrogen-bond donors (Lipinski definition) is 0. The molecule has 0 atom stereocenters. The van der Waals surface area contributed by atoms with Gasteiger partial charge in [0, 0.05) is 38.4 Å². The van der Waals surface area contributed by atoms with Crippen LogP contribution in [0.5, 0.6) is 0 Å². The summed E-state index contributed by atoms with van der Waals surface area (Å²) < 4.78 is 1.66. The predicted molar refractivity (Wildman–Crippen MR) is 127 cm³/mol. The number of anilines is 2. The van der Waals surface area contributed by atoms with Gasteiger partial charge in [0.05, 0.1) is 22.9 Å². The Kier molecular flexibility index (Phi) is 5.01. The van der Waals surface area contributed by atoms with Crippen LogP contribution in [0.3, 0.4) is 0 Å². The molecule has 5 rings (SSSR count). The molecule has 2 aromatic carbocycles. The second-order valence-electron chi connectivity index (χ2n) is 9.55. The second kappa shape index (κ2) is 7.74. The molecule has 1 saturated heterocycles. The number of rotatable bonds is 3. The zero-order valence-corrected chi connectivity index (χ0v) is 18.9. The molecule has 0 aliphatic carbocycles. The summed E-state index contributed by atoms with van der Waals surface area (Å²) in [5.41, 5.74) is 2.06. The first-order chi connectivity index (χ1) is 15.3. The molecule has 166 valence electrons. The highest BCUT2D eigenvalue weighted by Gasteiger charge is 2.40. The summed E-state index contributed by atoms with van der Waals surface area (Å²) in [5.74, 6) is 0.420. The van der Waals surface area contributed by atoms with Crippen molar-refractivity contribution in [1.82, 2.24) is 14.5 Å². The third-order valence-corrected chi connectivity index (χ3v) is 6.61. The van der Waals surface area contributed by atoms with Crippen molar-refractivity contribution >= 4 is 28.4 Å². The Labute approximate surface area is 187 Å². The number of benzene rings is 2. The van der Waals surface area contributed by atoms with Gasteiger partial charge in [-0.15, -0.1) is 0 Å². The van der Waals surface area contributed by atoms with Crippen LogP contribution >= 0.6 is 0 Å². The van der Waals surface area contributed by atoms with E-state index in [1.807, 2.05) is 32.0 Å². The number of piperazine rings is 1. The van der Waals surface area contributed by atoms with Gasteiger partial charge in [-0.1, -0.05) is 24.3 Å². The minimum absolute atomic E-state index is 0.0113. The summed E-state index contributed by atoms with van der Waals surface area (Å²) in [5, 5.41) is 0.581. The molecule has 2 aliphatic heterocycles. The number of carbonyl (C=O) groups is 1. The van der Waals surface area contributed by atoms with Gasteiger partial charge in [-0.3, -0.25) is 19.1 Å². The van der Waals surface area contributed by atoms with Crippen LogP contribution in [0.4, 0.5) is 11.6 Å². The summed E-state index contributed by atoms with van der Waals surface area (Å²) in [6.07, 6.45) is 0. The van der Waals surface area contributed by atoms with Gasteiger partial charge in [0.1, 0.15) is 0 Å². The summed E-state index contributed by atoms with van der Waals surface area (Å²) >= 11 is 0. The maximum atomic E-state index is 13.4. The SMILES string of the molecule is CN1CCN(c2ccc(CN3C(=O)C(C)(C)Cn4c3nc3ccccc3c4=O)cc2)CC1. The number of nitrogens with zero attached hydrogens (tertiary/aromatic N) is 5. The van der Waals surface area contributed by atoms with Crippen molar-refractivity contribution in [1.29, 1.82) is 0 Å². The molecule has 7 nitrogen and oxygen atoms in total. The number of amides is 1. The van der Waals surface area contributed by atoms with Crippen LogP contribution in [0, 0.1) is 5.41 Å². The third kappa shape index (κ3) is 3.56. The summed E-state index contributed by atoms with van der Waals surface area (Å²) in [6.45, 7) is 8.65. The fourth-order valence-electron chi connectivity index (χ4n) is 4.63. The molecule has 0 N–H and O–H groups in total. The molecule has 0 bridgehead atoms. The molecule has 1 amide bonds. The Hall–Kier alpha value is -3.19. The quantitative estimate of drug-likeness (QED) is 0.638. The van der Waals surface area contributed by atoms with Crippen molar-refractivity contribution in [2.45, 2.75) is 26.9 Å². The van der Waals surface area contributed by atoms with E-state index in [2.05, 4.69) is 41.1 Å². The number of hydrogen-bond acceptors (Lipinski definition) is 5. The topological polar surface area (TPSA) is 61.7 Å². The van der Waals surface area contributed by atoms with E-state index in [-0.39, 0.29) is 11.5 Å². The van der Waals surface area contributed by atoms with E-state index in [9.17, 15) is 9.59 Å². The lowest BCUT2D eigenvalue weighted by Crippen LogP contribution is -2.51. The monoisotopic (exact) mass is 431 g/mol. The van der Waals surface area contributed by atoms with Crippen molar-refractivity contribution in [3.8, 4) is 0 Å². The molecular formula is C25H29N5O2. The highest BCUT2D eigenvalue weighted by molar-refractivity contribution is 5.97. The summed E-state index contributed by atoms with van der Waals surface area (Å²) in [4.78, 5) is 37.7. The predicted octanol–water partition coefficient (Wildman–Crippen LogP) is 2.72. The van der Waals surface area contributed by atoms with E-state index in [1.165, 1.54) is 5.69 Å². The Morgan fingerprint density at radius 2 is 1.62 bits per heavy atom. The van der Waals surface area contributed by atoms with Crippen LogP contribution in [-0.2, 0) is 17.9 Å². The van der Waals surface area contributed by atoms with E-state index in [1.54, 1.807) is 15.5 Å². The molecule has 1 fully saturated rings. The van der Waals surface area contributed by atoms with E-state index < -0.39 is 5.41 Å². The molecule has 0 spiro atoms. The van der Waals surface area contributed by atoms with Gasteiger partial charge in [0.25, 0.3) is 5.56 Å². The van der Waals surface area contributed by atoms with Crippen LogP contribution in [0.15, 0.2) is 53.3 Å². The lowest BCUT2D eigenvalue weighted by atomic mass is 9.89. The Morgan fingerprint density at radius 1 is 0.938 bits per heavy atom. The van der Waals surface area contributed by atoms with Gasteiger partial charge in [-0.2, -0.15) is 0 Å². The highest BCUT2D eigenvalue weighted by Crippen LogP contribution is 2.32. The van der Waals surface area contributed by atoms with Crippen LogP contribution in [-0.4, -0.2) is 53.6 Å². The largest absolute Gasteiger partial charge is 0.369 e. The number of likely N-dealkylation sites (N-methyl/N-ethyl adjacent to an activating group) is 1. The average molecular weight is 432 g/mol. The van der Waals surface area contributed by atoms with Crippen molar-refractivity contribution in [2.75, 3.05) is 43.0 Å². The highest BCUT2D eigenvalue weighted by atomic mass is 16.2. The molecule has 0 unspecified atom stereocenters. The zero-order valence-electron chi connectivity index (χ0n) is 18.9. The standard InChI is InChI=1S/C25H29N5O2/c1-25(2)17-30-22(31)20-6-4-5-7-21(20)26-24(30)29(23(25)32)16-18-8-10-19(11-9-18)28-14-12-27(3)13-15-28/h4-11H,12-17H2,1-3H3. The van der Waals surface area contributed by atoms with E-state index in [4.69, 9.17) is 4.98 Å². The number of carbonyl (C=O) groups excluding carboxylic acids is 1. The molecule has 0 saturated carbocycles. The van der Waals surface area contributed by atoms with Gasteiger partial charge < -0.3 is 9.80 Å². The fourth-order valence-corrected chi connectivity index (χ4v) is 4.63. The lowest BCUT2D eigenvalue weighted by Gasteiger charge is -2.38. The van der Waals surface area contributed by atoms with Gasteiger partial charge in [-0.05, 0) is 50.7 Å². The number of para-hydroxylation sites is 1. The first-order valence-corrected chi connectivity index (χ1v) is 11.2. The molecule has 3 heterocycles. The maximum Gasteiger partial charge on any atom is 0.262 e. The fraction of sp³-hybridized carbons (Fsp3) is 0.400. The van der Waals surface area contributed by atoms with Gasteiger partial charge in [-0.25, -0.2) is 4.98 Å². The Morgan fingerprint density at radius 3 is 2.34 bits per heavy atom. The van der Waals surface area contributed by atoms with Crippen molar-refractivity contribution < 1.29 is 4.79 Å². The second-order valence-corrected chi connectivity index (χ2v) is 9.55. The summed E-state index contributed by atoms with van der Waals surface area (Å²) in [6, 6.07) is 15.7. The van der Waals surface area contributed by atoms with E-state index in [0.717, 1.165) is 31.7 Å². The van der Waals surface area contributed by atoms with Gasteiger partial charge in [0.15, 0.2) is 0 Å². The normalized spacial score (nSPS) is 18.8. The minimum Gasteiger partial charge on any atom is -0.369 e. The molecule has 1 aromatic heterocycles. The lowest BCUT2D eigenvalue weighted by molar-refractivity contribution is -0.128. The van der Waals surface area contributed by atoms with Crippen molar-refractivity contribution in [3.63, 3.8) is 0 Å². The first-order valence-electron chi connectivity index (χ1n) is 11.2. The van der Waals surface area contributed by atoms with Crippen LogP contribution in [0.1, 0.15) is 19.4 Å². The molecule has 2 aliphatic rings. The van der Waals surface area contributed by atoms with E-state index in [0.29, 0.717) is 29.9 Å². The van der Waals surface area contributed by atoms with Crippen LogP contribution < -0.4 is 15.4 Å². The molecule has 32 heavy (non-hydrogen) atoms. The summed E-state index contributed by atoms with van der Waals surface area (Å²) in [7, 11) is 2.15. The minimum atomic E-state index is -0.680. The first kappa shape index (κ1) is 20.7. The smallest absolute Gasteiger partial charge is 0.262 e. The van der Waals surface area contributed by atoms with Crippen molar-refractivity contribution in [3.05, 3.63) is 64.4 Å². The molecule has 7 heteroatoms. The zero-order chi connectivity index (χ0) is 22.5. The molecular weight excluding hydrogens is 402 g/mol. The maximum absolute atomic E-state index is 13.4. The van der Waals surface area contributed by atoms with Crippen LogP contribution in [0.2, 0.25) is 0 Å². The number of aromatic nitrogens is 2. The Bertz CT molecular complexity index is 1220.